The number of halogens is 1. The van der Waals surface area contributed by atoms with Crippen LogP contribution in [0, 0.1) is 5.82 Å². The third-order valence-corrected chi connectivity index (χ3v) is 5.48. The number of hydrogen-bond acceptors (Lipinski definition) is 5. The number of aromatic nitrogens is 3. The van der Waals surface area contributed by atoms with E-state index in [9.17, 15) is 18.8 Å². The number of fused-ring (bicyclic) bond motifs is 1. The van der Waals surface area contributed by atoms with Gasteiger partial charge in [0.15, 0.2) is 5.69 Å². The maximum atomic E-state index is 13.2. The molecule has 2 N–H and O–H groups in total. The molecule has 0 atom stereocenters. The van der Waals surface area contributed by atoms with Crippen LogP contribution in [-0.4, -0.2) is 50.5 Å². The first kappa shape index (κ1) is 23.1. The number of nitrogens with one attached hydrogen (secondary N) is 2. The summed E-state index contributed by atoms with van der Waals surface area (Å²) in [5, 5.41) is 9.75. The molecule has 0 bridgehead atoms. The van der Waals surface area contributed by atoms with Crippen LogP contribution < -0.4 is 10.6 Å². The van der Waals surface area contributed by atoms with Gasteiger partial charge in [-0.2, -0.15) is 5.10 Å². The van der Waals surface area contributed by atoms with E-state index in [0.29, 0.717) is 38.3 Å². The van der Waals surface area contributed by atoms with Crippen LogP contribution in [0.5, 0.6) is 0 Å². The van der Waals surface area contributed by atoms with Gasteiger partial charge in [0.2, 0.25) is 5.91 Å². The topological polar surface area (TPSA) is 109 Å². The highest BCUT2D eigenvalue weighted by Gasteiger charge is 2.26. The van der Waals surface area contributed by atoms with E-state index in [1.807, 2.05) is 12.1 Å². The van der Waals surface area contributed by atoms with Crippen LogP contribution in [0.25, 0.3) is 0 Å². The Bertz CT molecular complexity index is 1160. The van der Waals surface area contributed by atoms with Crippen LogP contribution in [-0.2, 0) is 24.4 Å². The summed E-state index contributed by atoms with van der Waals surface area (Å²) in [6, 6.07) is 11.1. The molecule has 0 saturated heterocycles. The van der Waals surface area contributed by atoms with Crippen LogP contribution in [0.15, 0.2) is 54.9 Å². The Morgan fingerprint density at radius 3 is 2.53 bits per heavy atom. The minimum absolute atomic E-state index is 0.120. The lowest BCUT2D eigenvalue weighted by molar-refractivity contribution is -0.121. The molecule has 10 heteroatoms. The molecular weight excluding hydrogens is 439 g/mol. The Morgan fingerprint density at radius 1 is 1.00 bits per heavy atom. The van der Waals surface area contributed by atoms with E-state index in [2.05, 4.69) is 20.7 Å². The smallest absolute Gasteiger partial charge is 0.272 e. The summed E-state index contributed by atoms with van der Waals surface area (Å²) >= 11 is 0. The molecule has 0 saturated carbocycles. The molecule has 9 nitrogen and oxygen atoms in total. The molecule has 0 radical (unpaired) electrons. The van der Waals surface area contributed by atoms with Crippen LogP contribution in [0.2, 0.25) is 0 Å². The first-order chi connectivity index (χ1) is 16.5. The molecule has 0 unspecified atom stereocenters. The summed E-state index contributed by atoms with van der Waals surface area (Å²) in [5.41, 5.74) is 2.22. The first-order valence-corrected chi connectivity index (χ1v) is 11.0. The van der Waals surface area contributed by atoms with E-state index in [-0.39, 0.29) is 36.3 Å². The second kappa shape index (κ2) is 10.7. The summed E-state index contributed by atoms with van der Waals surface area (Å²) in [7, 11) is 0. The molecule has 1 aromatic carbocycles. The van der Waals surface area contributed by atoms with Crippen molar-refractivity contribution in [3.63, 3.8) is 0 Å². The fourth-order valence-electron chi connectivity index (χ4n) is 3.68. The summed E-state index contributed by atoms with van der Waals surface area (Å²) < 4.78 is 14.7. The van der Waals surface area contributed by atoms with Gasteiger partial charge in [0, 0.05) is 57.6 Å². The van der Waals surface area contributed by atoms with E-state index in [1.54, 1.807) is 34.1 Å². The van der Waals surface area contributed by atoms with E-state index in [0.717, 1.165) is 11.1 Å². The van der Waals surface area contributed by atoms with E-state index in [1.165, 1.54) is 18.2 Å². The number of carbonyl (C=O) groups excluding carboxylic acids is 3. The number of pyridine rings is 1. The lowest BCUT2D eigenvalue weighted by atomic mass is 10.2. The summed E-state index contributed by atoms with van der Waals surface area (Å²) in [5.74, 6) is -1.19. The lowest BCUT2D eigenvalue weighted by Gasteiger charge is -2.20. The zero-order valence-electron chi connectivity index (χ0n) is 18.5. The average molecular weight is 465 g/mol. The fourth-order valence-corrected chi connectivity index (χ4v) is 3.68. The molecule has 1 aliphatic rings. The van der Waals surface area contributed by atoms with E-state index < -0.39 is 5.91 Å². The van der Waals surface area contributed by atoms with Crippen LogP contribution >= 0.6 is 0 Å². The summed E-state index contributed by atoms with van der Waals surface area (Å²) in [6.07, 6.45) is 4.11. The maximum absolute atomic E-state index is 13.2. The van der Waals surface area contributed by atoms with Crippen LogP contribution in [0.3, 0.4) is 0 Å². The van der Waals surface area contributed by atoms with Gasteiger partial charge in [0.1, 0.15) is 11.5 Å². The van der Waals surface area contributed by atoms with Gasteiger partial charge in [-0.05, 0) is 41.8 Å². The lowest BCUT2D eigenvalue weighted by Crippen LogP contribution is -2.31. The van der Waals surface area contributed by atoms with Crippen LogP contribution in [0.1, 0.15) is 44.9 Å². The number of amides is 3. The first-order valence-electron chi connectivity index (χ1n) is 11.0. The molecule has 2 aromatic heterocycles. The van der Waals surface area contributed by atoms with Crippen molar-refractivity contribution in [3.8, 4) is 0 Å². The number of rotatable bonds is 8. The molecule has 34 heavy (non-hydrogen) atoms. The van der Waals surface area contributed by atoms with Crippen molar-refractivity contribution in [2.45, 2.75) is 32.5 Å². The van der Waals surface area contributed by atoms with Crippen molar-refractivity contribution in [2.24, 2.45) is 0 Å². The standard InChI is InChI=1S/C24H25FN6O3/c25-19-4-2-18(3-5-19)16-30-12-1-13-31-21(24(30)34)14-20(29-31)23(33)27-11-8-22(32)28-15-17-6-9-26-10-7-17/h2-7,9-10,14H,1,8,11-13,15-16H2,(H,27,33)(H,28,32). The van der Waals surface area contributed by atoms with Gasteiger partial charge in [-0.25, -0.2) is 4.39 Å². The molecule has 0 fully saturated rings. The Kier molecular flexibility index (Phi) is 7.26. The van der Waals surface area contributed by atoms with Gasteiger partial charge in [0.05, 0.1) is 0 Å². The number of benzene rings is 1. The zero-order valence-corrected chi connectivity index (χ0v) is 18.5. The molecule has 1 aliphatic heterocycles. The Morgan fingerprint density at radius 2 is 1.76 bits per heavy atom. The van der Waals surface area contributed by atoms with Crippen molar-refractivity contribution in [3.05, 3.63) is 83.2 Å². The highest BCUT2D eigenvalue weighted by molar-refractivity contribution is 5.98. The molecule has 176 valence electrons. The molecular formula is C24H25FN6O3. The maximum Gasteiger partial charge on any atom is 0.272 e. The van der Waals surface area contributed by atoms with Crippen LogP contribution in [0.4, 0.5) is 4.39 Å². The third kappa shape index (κ3) is 5.83. The Labute approximate surface area is 196 Å². The van der Waals surface area contributed by atoms with E-state index in [4.69, 9.17) is 0 Å². The SMILES string of the molecule is O=C(CCNC(=O)c1cc2n(n1)CCCN(Cc1ccc(F)cc1)C2=O)NCc1ccncc1. The number of hydrogen-bond donors (Lipinski definition) is 2. The van der Waals surface area contributed by atoms with Gasteiger partial charge in [-0.1, -0.05) is 12.1 Å². The molecule has 0 aliphatic carbocycles. The highest BCUT2D eigenvalue weighted by atomic mass is 19.1. The highest BCUT2D eigenvalue weighted by Crippen LogP contribution is 2.17. The van der Waals surface area contributed by atoms with E-state index >= 15 is 0 Å². The minimum Gasteiger partial charge on any atom is -0.352 e. The minimum atomic E-state index is -0.444. The quantitative estimate of drug-likeness (QED) is 0.529. The van der Waals surface area contributed by atoms with Crippen molar-refractivity contribution >= 4 is 17.7 Å². The van der Waals surface area contributed by atoms with Gasteiger partial charge in [-0.15, -0.1) is 0 Å². The average Bonchev–Trinajstić information content (AvgIpc) is 3.22. The van der Waals surface area contributed by atoms with Crippen molar-refractivity contribution in [1.29, 1.82) is 0 Å². The Balaban J connectivity index is 1.30. The number of carbonyl (C=O) groups is 3. The summed E-state index contributed by atoms with van der Waals surface area (Å²) in [4.78, 5) is 43.2. The number of aryl methyl sites for hydroxylation is 1. The molecule has 4 rings (SSSR count). The van der Waals surface area contributed by atoms with Gasteiger partial charge < -0.3 is 15.5 Å². The molecule has 0 spiro atoms. The van der Waals surface area contributed by atoms with Gasteiger partial charge in [0.25, 0.3) is 11.8 Å². The number of nitrogens with zero attached hydrogens (tertiary/aromatic N) is 4. The molecule has 3 amide bonds. The predicted molar refractivity (Wildman–Crippen MR) is 121 cm³/mol. The Hall–Kier alpha value is -4.08. The summed E-state index contributed by atoms with van der Waals surface area (Å²) in [6.45, 7) is 1.93. The van der Waals surface area contributed by atoms with Gasteiger partial charge >= 0.3 is 0 Å². The fraction of sp³-hybridized carbons (Fsp3) is 0.292. The zero-order chi connectivity index (χ0) is 23.9. The molecule has 3 heterocycles. The third-order valence-electron chi connectivity index (χ3n) is 5.48. The second-order valence-electron chi connectivity index (χ2n) is 7.98. The largest absolute Gasteiger partial charge is 0.352 e. The van der Waals surface area contributed by atoms with Gasteiger partial charge in [-0.3, -0.25) is 24.0 Å². The normalized spacial score (nSPS) is 13.2. The predicted octanol–water partition coefficient (Wildman–Crippen LogP) is 1.90. The van der Waals surface area contributed by atoms with Crippen molar-refractivity contribution in [2.75, 3.05) is 13.1 Å². The van der Waals surface area contributed by atoms with Crippen molar-refractivity contribution < 1.29 is 18.8 Å². The molecule has 3 aromatic rings. The monoisotopic (exact) mass is 464 g/mol. The van der Waals surface area contributed by atoms with Crippen molar-refractivity contribution in [1.82, 2.24) is 30.3 Å². The second-order valence-corrected chi connectivity index (χ2v) is 7.98.